The van der Waals surface area contributed by atoms with Gasteiger partial charge in [0, 0.05) is 10.7 Å². The Kier molecular flexibility index (Phi) is 4.16. The van der Waals surface area contributed by atoms with Crippen LogP contribution in [0.15, 0.2) is 41.0 Å². The zero-order valence-corrected chi connectivity index (χ0v) is 11.8. The van der Waals surface area contributed by atoms with E-state index in [1.165, 1.54) is 0 Å². The minimum atomic E-state index is -0.932. The molecule has 0 fully saturated rings. The highest BCUT2D eigenvalue weighted by molar-refractivity contribution is 9.10. The van der Waals surface area contributed by atoms with Gasteiger partial charge in [0.15, 0.2) is 0 Å². The second kappa shape index (κ2) is 5.84. The van der Waals surface area contributed by atoms with E-state index in [9.17, 15) is 4.79 Å². The van der Waals surface area contributed by atoms with Gasteiger partial charge in [0.2, 0.25) is 0 Å². The van der Waals surface area contributed by atoms with Crippen LogP contribution < -0.4 is 4.74 Å². The first-order chi connectivity index (χ1) is 9.06. The molecule has 0 aliphatic carbocycles. The average Bonchev–Trinajstić information content (AvgIpc) is 2.37. The Hall–Kier alpha value is -1.88. The molecule has 0 bridgehead atoms. The molecule has 0 atom stereocenters. The van der Waals surface area contributed by atoms with E-state index in [1.54, 1.807) is 31.3 Å². The molecule has 0 saturated carbocycles. The van der Waals surface area contributed by atoms with Gasteiger partial charge in [0.25, 0.3) is 0 Å². The van der Waals surface area contributed by atoms with Crippen molar-refractivity contribution in [3.05, 3.63) is 57.8 Å². The number of ether oxygens (including phenoxy) is 1. The third kappa shape index (κ3) is 3.54. The minimum Gasteiger partial charge on any atom is -0.487 e. The molecule has 1 N–H and O–H groups in total. The molecule has 98 valence electrons. The van der Waals surface area contributed by atoms with Crippen molar-refractivity contribution in [2.24, 2.45) is 0 Å². The van der Waals surface area contributed by atoms with Gasteiger partial charge in [-0.05, 0) is 58.7 Å². The number of aromatic carboxylic acids is 1. The molecule has 0 aliphatic rings. The number of nitrogens with zero attached hydrogens (tertiary/aromatic N) is 1. The summed E-state index contributed by atoms with van der Waals surface area (Å²) in [5.74, 6) is -0.300. The van der Waals surface area contributed by atoms with Crippen LogP contribution in [-0.2, 0) is 6.61 Å². The van der Waals surface area contributed by atoms with Gasteiger partial charge in [-0.3, -0.25) is 4.98 Å². The van der Waals surface area contributed by atoms with Gasteiger partial charge in [-0.25, -0.2) is 4.79 Å². The number of halogens is 1. The largest absolute Gasteiger partial charge is 0.487 e. The molecule has 0 amide bonds. The van der Waals surface area contributed by atoms with Crippen molar-refractivity contribution in [2.45, 2.75) is 13.5 Å². The molecule has 0 unspecified atom stereocenters. The summed E-state index contributed by atoms with van der Waals surface area (Å²) in [6, 6.07) is 8.66. The number of hydrogen-bond acceptors (Lipinski definition) is 3. The van der Waals surface area contributed by atoms with Gasteiger partial charge < -0.3 is 9.84 Å². The van der Waals surface area contributed by atoms with E-state index in [0.717, 1.165) is 10.2 Å². The Morgan fingerprint density at radius 2 is 2.16 bits per heavy atom. The number of hydrogen-bond donors (Lipinski definition) is 1. The van der Waals surface area contributed by atoms with Gasteiger partial charge in [0.1, 0.15) is 12.4 Å². The molecule has 2 rings (SSSR count). The van der Waals surface area contributed by atoms with Crippen molar-refractivity contribution in [2.75, 3.05) is 0 Å². The fourth-order valence-electron chi connectivity index (χ4n) is 1.62. The number of aromatic nitrogens is 1. The van der Waals surface area contributed by atoms with Crippen molar-refractivity contribution in [3.8, 4) is 5.75 Å². The first kappa shape index (κ1) is 13.5. The first-order valence-electron chi connectivity index (χ1n) is 5.63. The van der Waals surface area contributed by atoms with Gasteiger partial charge in [0.05, 0.1) is 11.3 Å². The number of pyridine rings is 1. The van der Waals surface area contributed by atoms with Crippen LogP contribution in [0.5, 0.6) is 5.75 Å². The average molecular weight is 322 g/mol. The lowest BCUT2D eigenvalue weighted by molar-refractivity contribution is 0.0696. The SMILES string of the molecule is Cc1cc(OCc2ccc(Br)cn2)ccc1C(=O)O. The van der Waals surface area contributed by atoms with E-state index in [1.807, 2.05) is 12.1 Å². The highest BCUT2D eigenvalue weighted by Gasteiger charge is 2.07. The lowest BCUT2D eigenvalue weighted by Gasteiger charge is -2.08. The van der Waals surface area contributed by atoms with E-state index >= 15 is 0 Å². The fraction of sp³-hybridized carbons (Fsp3) is 0.143. The summed E-state index contributed by atoms with van der Waals surface area (Å²) in [6.07, 6.45) is 1.71. The van der Waals surface area contributed by atoms with E-state index in [2.05, 4.69) is 20.9 Å². The van der Waals surface area contributed by atoms with Crippen molar-refractivity contribution in [3.63, 3.8) is 0 Å². The maximum absolute atomic E-state index is 10.9. The number of benzene rings is 1. The summed E-state index contributed by atoms with van der Waals surface area (Å²) >= 11 is 3.31. The number of aryl methyl sites for hydroxylation is 1. The summed E-state index contributed by atoms with van der Waals surface area (Å²) < 4.78 is 6.49. The van der Waals surface area contributed by atoms with Crippen molar-refractivity contribution in [1.29, 1.82) is 0 Å². The Labute approximate surface area is 119 Å². The zero-order valence-electron chi connectivity index (χ0n) is 10.3. The molecule has 0 saturated heterocycles. The Balaban J connectivity index is 2.06. The third-order valence-electron chi connectivity index (χ3n) is 2.60. The Morgan fingerprint density at radius 3 is 2.74 bits per heavy atom. The van der Waals surface area contributed by atoms with Crippen LogP contribution in [-0.4, -0.2) is 16.1 Å². The Morgan fingerprint density at radius 1 is 1.37 bits per heavy atom. The van der Waals surface area contributed by atoms with Crippen LogP contribution >= 0.6 is 15.9 Å². The van der Waals surface area contributed by atoms with Gasteiger partial charge >= 0.3 is 5.97 Å². The number of carboxylic acid groups (broad SMARTS) is 1. The highest BCUT2D eigenvalue weighted by Crippen LogP contribution is 2.18. The highest BCUT2D eigenvalue weighted by atomic mass is 79.9. The van der Waals surface area contributed by atoms with Crippen LogP contribution in [0, 0.1) is 6.92 Å². The van der Waals surface area contributed by atoms with Crippen LogP contribution in [0.1, 0.15) is 21.6 Å². The molecule has 1 heterocycles. The second-order valence-corrected chi connectivity index (χ2v) is 4.95. The number of carbonyl (C=O) groups is 1. The molecule has 5 heteroatoms. The quantitative estimate of drug-likeness (QED) is 0.937. The summed E-state index contributed by atoms with van der Waals surface area (Å²) in [5.41, 5.74) is 1.77. The first-order valence-corrected chi connectivity index (χ1v) is 6.43. The zero-order chi connectivity index (χ0) is 13.8. The van der Waals surface area contributed by atoms with Crippen molar-refractivity contribution in [1.82, 2.24) is 4.98 Å². The van der Waals surface area contributed by atoms with E-state index in [0.29, 0.717) is 17.9 Å². The Bertz CT molecular complexity index is 596. The number of rotatable bonds is 4. The third-order valence-corrected chi connectivity index (χ3v) is 3.07. The molecule has 1 aromatic heterocycles. The molecule has 2 aromatic rings. The number of carboxylic acids is 1. The standard InChI is InChI=1S/C14H12BrNO3/c1-9-6-12(4-5-13(9)14(17)18)19-8-11-3-2-10(15)7-16-11/h2-7H,8H2,1H3,(H,17,18). The van der Waals surface area contributed by atoms with Crippen LogP contribution in [0.4, 0.5) is 0 Å². The van der Waals surface area contributed by atoms with E-state index < -0.39 is 5.97 Å². The predicted molar refractivity (Wildman–Crippen MR) is 74.4 cm³/mol. The normalized spacial score (nSPS) is 10.2. The topological polar surface area (TPSA) is 59.4 Å². The molecule has 4 nitrogen and oxygen atoms in total. The molecule has 0 spiro atoms. The molecular weight excluding hydrogens is 310 g/mol. The smallest absolute Gasteiger partial charge is 0.335 e. The maximum atomic E-state index is 10.9. The van der Waals surface area contributed by atoms with Crippen LogP contribution in [0.2, 0.25) is 0 Å². The monoisotopic (exact) mass is 321 g/mol. The molecular formula is C14H12BrNO3. The predicted octanol–water partition coefficient (Wildman–Crippen LogP) is 3.43. The summed E-state index contributed by atoms with van der Waals surface area (Å²) in [6.45, 7) is 2.09. The fourth-order valence-corrected chi connectivity index (χ4v) is 1.85. The minimum absolute atomic E-state index is 0.286. The molecule has 0 aliphatic heterocycles. The second-order valence-electron chi connectivity index (χ2n) is 4.04. The van der Waals surface area contributed by atoms with Gasteiger partial charge in [-0.2, -0.15) is 0 Å². The van der Waals surface area contributed by atoms with Crippen molar-refractivity contribution >= 4 is 21.9 Å². The van der Waals surface area contributed by atoms with E-state index in [4.69, 9.17) is 9.84 Å². The lowest BCUT2D eigenvalue weighted by atomic mass is 10.1. The van der Waals surface area contributed by atoms with Gasteiger partial charge in [-0.1, -0.05) is 0 Å². The maximum Gasteiger partial charge on any atom is 0.335 e. The summed E-state index contributed by atoms with van der Waals surface area (Å²) in [5, 5.41) is 8.94. The molecule has 1 aromatic carbocycles. The van der Waals surface area contributed by atoms with E-state index in [-0.39, 0.29) is 5.56 Å². The van der Waals surface area contributed by atoms with Gasteiger partial charge in [-0.15, -0.1) is 0 Å². The van der Waals surface area contributed by atoms with Crippen molar-refractivity contribution < 1.29 is 14.6 Å². The lowest BCUT2D eigenvalue weighted by Crippen LogP contribution is -2.01. The summed E-state index contributed by atoms with van der Waals surface area (Å²) in [7, 11) is 0. The molecule has 19 heavy (non-hydrogen) atoms. The van der Waals surface area contributed by atoms with Crippen LogP contribution in [0.25, 0.3) is 0 Å². The summed E-state index contributed by atoms with van der Waals surface area (Å²) in [4.78, 5) is 15.1. The molecule has 0 radical (unpaired) electrons. The van der Waals surface area contributed by atoms with Crippen LogP contribution in [0.3, 0.4) is 0 Å².